The van der Waals surface area contributed by atoms with E-state index in [-0.39, 0.29) is 17.0 Å². The number of hydrogen-bond acceptors (Lipinski definition) is 4. The highest BCUT2D eigenvalue weighted by Crippen LogP contribution is 2.20. The van der Waals surface area contributed by atoms with Gasteiger partial charge in [-0.2, -0.15) is 5.10 Å². The van der Waals surface area contributed by atoms with E-state index in [0.29, 0.717) is 10.9 Å². The van der Waals surface area contributed by atoms with Crippen molar-refractivity contribution in [3.8, 4) is 0 Å². The summed E-state index contributed by atoms with van der Waals surface area (Å²) in [4.78, 5) is 14.4. The van der Waals surface area contributed by atoms with Gasteiger partial charge in [0, 0.05) is 41.8 Å². The number of aryl methyl sites for hydroxylation is 3. The molecule has 25 heavy (non-hydrogen) atoms. The lowest BCUT2D eigenvalue weighted by molar-refractivity contribution is 0.581. The van der Waals surface area contributed by atoms with Crippen molar-refractivity contribution in [2.75, 3.05) is 0 Å². The van der Waals surface area contributed by atoms with Gasteiger partial charge in [-0.3, -0.25) is 9.48 Å². The van der Waals surface area contributed by atoms with E-state index in [1.807, 2.05) is 20.0 Å². The fourth-order valence-electron chi connectivity index (χ4n) is 2.72. The highest BCUT2D eigenvalue weighted by atomic mass is 32.2. The summed E-state index contributed by atoms with van der Waals surface area (Å²) in [7, 11) is -3.67. The number of sulfonamides is 1. The SMILES string of the molecule is CCn1cc(CNS(=O)(=O)c2ccc3[nH]c(=O)cc(C)c3c2)c(C)n1. The summed E-state index contributed by atoms with van der Waals surface area (Å²) in [5, 5.41) is 5.02. The molecule has 0 unspecified atom stereocenters. The van der Waals surface area contributed by atoms with Crippen molar-refractivity contribution >= 4 is 20.9 Å². The number of aromatic nitrogens is 3. The van der Waals surface area contributed by atoms with Gasteiger partial charge in [0.15, 0.2) is 0 Å². The van der Waals surface area contributed by atoms with E-state index in [1.54, 1.807) is 23.7 Å². The summed E-state index contributed by atoms with van der Waals surface area (Å²) in [6.07, 6.45) is 1.84. The third-order valence-corrected chi connectivity index (χ3v) is 5.56. The van der Waals surface area contributed by atoms with Crippen molar-refractivity contribution in [3.63, 3.8) is 0 Å². The van der Waals surface area contributed by atoms with Crippen LogP contribution < -0.4 is 10.3 Å². The molecule has 0 fully saturated rings. The van der Waals surface area contributed by atoms with Gasteiger partial charge in [0.05, 0.1) is 10.6 Å². The van der Waals surface area contributed by atoms with Crippen LogP contribution in [0, 0.1) is 13.8 Å². The molecule has 0 saturated heterocycles. The number of H-pyrrole nitrogens is 1. The Hall–Kier alpha value is -2.45. The minimum absolute atomic E-state index is 0.163. The van der Waals surface area contributed by atoms with E-state index in [1.165, 1.54) is 12.1 Å². The third kappa shape index (κ3) is 3.49. The molecule has 7 nitrogen and oxygen atoms in total. The van der Waals surface area contributed by atoms with Crippen molar-refractivity contribution in [1.82, 2.24) is 19.5 Å². The Labute approximate surface area is 145 Å². The van der Waals surface area contributed by atoms with E-state index in [4.69, 9.17) is 0 Å². The van der Waals surface area contributed by atoms with Crippen LogP contribution in [-0.4, -0.2) is 23.2 Å². The Bertz CT molecular complexity index is 1100. The third-order valence-electron chi connectivity index (χ3n) is 4.16. The topological polar surface area (TPSA) is 96.9 Å². The highest BCUT2D eigenvalue weighted by molar-refractivity contribution is 7.89. The van der Waals surface area contributed by atoms with Crippen molar-refractivity contribution in [3.05, 3.63) is 57.6 Å². The van der Waals surface area contributed by atoms with Crippen molar-refractivity contribution in [2.45, 2.75) is 38.8 Å². The molecule has 0 aliphatic carbocycles. The van der Waals surface area contributed by atoms with Crippen molar-refractivity contribution < 1.29 is 8.42 Å². The van der Waals surface area contributed by atoms with Gasteiger partial charge in [-0.15, -0.1) is 0 Å². The van der Waals surface area contributed by atoms with E-state index < -0.39 is 10.0 Å². The molecule has 3 aromatic rings. The fourth-order valence-corrected chi connectivity index (χ4v) is 3.75. The number of nitrogens with zero attached hydrogens (tertiary/aromatic N) is 2. The van der Waals surface area contributed by atoms with Crippen LogP contribution in [0.4, 0.5) is 0 Å². The van der Waals surface area contributed by atoms with Gasteiger partial charge in [-0.1, -0.05) is 0 Å². The minimum atomic E-state index is -3.67. The molecule has 0 saturated carbocycles. The van der Waals surface area contributed by atoms with Gasteiger partial charge in [-0.05, 0) is 44.5 Å². The smallest absolute Gasteiger partial charge is 0.248 e. The first kappa shape index (κ1) is 17.4. The molecule has 1 aromatic carbocycles. The van der Waals surface area contributed by atoms with Crippen molar-refractivity contribution in [1.29, 1.82) is 0 Å². The highest BCUT2D eigenvalue weighted by Gasteiger charge is 2.16. The standard InChI is InChI=1S/C17H20N4O3S/c1-4-21-10-13(12(3)20-21)9-18-25(23,24)14-5-6-16-15(8-14)11(2)7-17(22)19-16/h5-8,10,18H,4,9H2,1-3H3,(H,19,22). The van der Waals surface area contributed by atoms with Crippen LogP contribution in [0.1, 0.15) is 23.7 Å². The molecule has 0 amide bonds. The van der Waals surface area contributed by atoms with Crippen LogP contribution >= 0.6 is 0 Å². The summed E-state index contributed by atoms with van der Waals surface area (Å²) < 4.78 is 29.6. The molecule has 0 spiro atoms. The predicted molar refractivity (Wildman–Crippen MR) is 96.0 cm³/mol. The second-order valence-corrected chi connectivity index (χ2v) is 7.71. The lowest BCUT2D eigenvalue weighted by Crippen LogP contribution is -2.23. The summed E-state index contributed by atoms with van der Waals surface area (Å²) in [5.41, 5.74) is 2.78. The maximum atomic E-state index is 12.6. The fraction of sp³-hybridized carbons (Fsp3) is 0.294. The molecule has 0 aliphatic rings. The molecule has 2 heterocycles. The normalized spacial score (nSPS) is 12.0. The maximum Gasteiger partial charge on any atom is 0.248 e. The van der Waals surface area contributed by atoms with E-state index >= 15 is 0 Å². The molecule has 2 aromatic heterocycles. The number of hydrogen-bond donors (Lipinski definition) is 2. The van der Waals surface area contributed by atoms with Gasteiger partial charge in [-0.25, -0.2) is 13.1 Å². The summed E-state index contributed by atoms with van der Waals surface area (Å²) in [5.74, 6) is 0. The molecule has 2 N–H and O–H groups in total. The number of benzene rings is 1. The summed E-state index contributed by atoms with van der Waals surface area (Å²) >= 11 is 0. The van der Waals surface area contributed by atoms with E-state index in [0.717, 1.165) is 23.4 Å². The van der Waals surface area contributed by atoms with Gasteiger partial charge < -0.3 is 4.98 Å². The lowest BCUT2D eigenvalue weighted by atomic mass is 10.1. The average Bonchev–Trinajstić information content (AvgIpc) is 2.93. The van der Waals surface area contributed by atoms with Crippen LogP contribution in [0.15, 0.2) is 40.2 Å². The molecule has 8 heteroatoms. The second kappa shape index (κ2) is 6.45. The monoisotopic (exact) mass is 360 g/mol. The second-order valence-electron chi connectivity index (χ2n) is 5.94. The largest absolute Gasteiger partial charge is 0.322 e. The Balaban J connectivity index is 1.90. The van der Waals surface area contributed by atoms with Crippen molar-refractivity contribution in [2.24, 2.45) is 0 Å². The lowest BCUT2D eigenvalue weighted by Gasteiger charge is -2.08. The molecule has 132 valence electrons. The van der Waals surface area contributed by atoms with Crippen LogP contribution in [-0.2, 0) is 23.1 Å². The Kier molecular flexibility index (Phi) is 4.49. The zero-order chi connectivity index (χ0) is 18.2. The van der Waals surface area contributed by atoms with Crippen LogP contribution in [0.25, 0.3) is 10.9 Å². The number of pyridine rings is 1. The van der Waals surface area contributed by atoms with E-state index in [2.05, 4.69) is 14.8 Å². The summed E-state index contributed by atoms with van der Waals surface area (Å²) in [6, 6.07) is 6.13. The van der Waals surface area contributed by atoms with Crippen LogP contribution in [0.3, 0.4) is 0 Å². The zero-order valence-corrected chi connectivity index (χ0v) is 15.1. The molecule has 3 rings (SSSR count). The van der Waals surface area contributed by atoms with E-state index in [9.17, 15) is 13.2 Å². The molecular formula is C17H20N4O3S. The molecular weight excluding hydrogens is 340 g/mol. The first-order valence-electron chi connectivity index (χ1n) is 7.96. The van der Waals surface area contributed by atoms with Gasteiger partial charge >= 0.3 is 0 Å². The molecule has 0 bridgehead atoms. The Morgan fingerprint density at radius 1 is 1.24 bits per heavy atom. The number of nitrogens with one attached hydrogen (secondary N) is 2. The molecule has 0 aliphatic heterocycles. The first-order valence-corrected chi connectivity index (χ1v) is 9.45. The number of rotatable bonds is 5. The quantitative estimate of drug-likeness (QED) is 0.725. The van der Waals surface area contributed by atoms with Gasteiger partial charge in [0.25, 0.3) is 0 Å². The average molecular weight is 360 g/mol. The molecule has 0 radical (unpaired) electrons. The minimum Gasteiger partial charge on any atom is -0.322 e. The predicted octanol–water partition coefficient (Wildman–Crippen LogP) is 1.84. The number of aromatic amines is 1. The van der Waals surface area contributed by atoms with Crippen LogP contribution in [0.2, 0.25) is 0 Å². The first-order chi connectivity index (χ1) is 11.8. The number of fused-ring (bicyclic) bond motifs is 1. The maximum absolute atomic E-state index is 12.6. The van der Waals surface area contributed by atoms with Gasteiger partial charge in [0.1, 0.15) is 0 Å². The Morgan fingerprint density at radius 2 is 2.00 bits per heavy atom. The van der Waals surface area contributed by atoms with Gasteiger partial charge in [0.2, 0.25) is 15.6 Å². The summed E-state index contributed by atoms with van der Waals surface area (Å²) in [6.45, 7) is 6.52. The van der Waals surface area contributed by atoms with Crippen LogP contribution in [0.5, 0.6) is 0 Å². The zero-order valence-electron chi connectivity index (χ0n) is 14.3. The Morgan fingerprint density at radius 3 is 2.68 bits per heavy atom. The molecule has 0 atom stereocenters.